The van der Waals surface area contributed by atoms with Gasteiger partial charge >= 0.3 is 29.2 Å². The smallest absolute Gasteiger partial charge is 0.387 e. The average Bonchev–Trinajstić information content (AvgIpc) is 2.87. The third-order valence-electron chi connectivity index (χ3n) is 3.79. The van der Waals surface area contributed by atoms with Crippen LogP contribution in [-0.2, 0) is 42.9 Å². The van der Waals surface area contributed by atoms with Crippen molar-refractivity contribution in [1.82, 2.24) is 9.55 Å². The van der Waals surface area contributed by atoms with E-state index < -0.39 is 60.3 Å². The molecule has 2 rings (SSSR count). The highest BCUT2D eigenvalue weighted by atomic mass is 31.3. The first kappa shape index (κ1) is 27.2. The van der Waals surface area contributed by atoms with Crippen LogP contribution >= 0.6 is 23.5 Å². The van der Waals surface area contributed by atoms with Crippen molar-refractivity contribution in [3.05, 3.63) is 22.2 Å². The number of hydrogen-bond acceptors (Lipinski definition) is 13. The molecule has 0 aromatic carbocycles. The van der Waals surface area contributed by atoms with Crippen LogP contribution in [0.1, 0.15) is 11.8 Å². The Bertz CT molecular complexity index is 1030. The van der Waals surface area contributed by atoms with E-state index in [9.17, 15) is 33.6 Å². The molecule has 1 aliphatic rings. The fourth-order valence-electron chi connectivity index (χ4n) is 2.54. The third-order valence-corrected chi connectivity index (χ3v) is 7.59. The van der Waals surface area contributed by atoms with Crippen LogP contribution < -0.4 is 11.4 Å². The normalized spacial score (nSPS) is 27.7. The summed E-state index contributed by atoms with van der Waals surface area (Å²) in [4.78, 5) is 51.2. The SMILES string of the molecule is COCc1cn(C2OC(COP(=O)(O)OP(=O)(O)OP(=O)(O)O)C(O)C2O)c(=O)nc1N. The Labute approximate surface area is 178 Å². The van der Waals surface area contributed by atoms with Crippen molar-refractivity contribution >= 4 is 29.3 Å². The van der Waals surface area contributed by atoms with Gasteiger partial charge in [-0.1, -0.05) is 0 Å². The zero-order valence-electron chi connectivity index (χ0n) is 16.0. The number of nitrogens with two attached hydrogens (primary N) is 1. The summed E-state index contributed by atoms with van der Waals surface area (Å²) in [6.07, 6.45) is -5.52. The van der Waals surface area contributed by atoms with Crippen molar-refractivity contribution in [2.24, 2.45) is 0 Å². The first-order valence-electron chi connectivity index (χ1n) is 8.21. The van der Waals surface area contributed by atoms with Crippen LogP contribution in [0.15, 0.2) is 11.0 Å². The number of methoxy groups -OCH3 is 1. The van der Waals surface area contributed by atoms with E-state index in [0.29, 0.717) is 0 Å². The van der Waals surface area contributed by atoms with Crippen LogP contribution in [0.3, 0.4) is 0 Å². The van der Waals surface area contributed by atoms with Gasteiger partial charge in [-0.3, -0.25) is 9.09 Å². The Morgan fingerprint density at radius 1 is 1.12 bits per heavy atom. The number of rotatable bonds is 10. The fraction of sp³-hybridized carbons (Fsp3) is 0.636. The van der Waals surface area contributed by atoms with Crippen LogP contribution in [0, 0.1) is 0 Å². The summed E-state index contributed by atoms with van der Waals surface area (Å²) >= 11 is 0. The highest BCUT2D eigenvalue weighted by Crippen LogP contribution is 2.66. The van der Waals surface area contributed by atoms with Gasteiger partial charge in [0.05, 0.1) is 13.2 Å². The maximum atomic E-state index is 12.1. The molecule has 6 unspecified atom stereocenters. The first-order chi connectivity index (χ1) is 14.6. The topological polar surface area (TPSA) is 280 Å². The molecular weight excluding hydrogens is 507 g/mol. The first-order valence-corrected chi connectivity index (χ1v) is 12.7. The molecule has 0 amide bonds. The van der Waals surface area contributed by atoms with Gasteiger partial charge in [0.1, 0.15) is 24.1 Å². The monoisotopic (exact) mass is 527 g/mol. The average molecular weight is 527 g/mol. The number of phosphoric acid groups is 3. The van der Waals surface area contributed by atoms with Gasteiger partial charge in [0.2, 0.25) is 0 Å². The number of anilines is 1. The van der Waals surface area contributed by atoms with E-state index in [0.717, 1.165) is 10.8 Å². The maximum Gasteiger partial charge on any atom is 0.490 e. The second-order valence-corrected chi connectivity index (χ2v) is 10.6. The van der Waals surface area contributed by atoms with E-state index in [1.807, 2.05) is 0 Å². The molecule has 21 heteroatoms. The van der Waals surface area contributed by atoms with E-state index in [1.54, 1.807) is 0 Å². The molecule has 1 aromatic heterocycles. The molecule has 1 fully saturated rings. The summed E-state index contributed by atoms with van der Waals surface area (Å²) in [5.41, 5.74) is 4.88. The van der Waals surface area contributed by atoms with E-state index in [4.69, 9.17) is 29.9 Å². The zero-order valence-corrected chi connectivity index (χ0v) is 18.7. The Hall–Kier alpha value is -1.07. The summed E-state index contributed by atoms with van der Waals surface area (Å²) < 4.78 is 56.1. The second kappa shape index (κ2) is 10.0. The molecule has 32 heavy (non-hydrogen) atoms. The zero-order chi connectivity index (χ0) is 24.5. The van der Waals surface area contributed by atoms with Crippen LogP contribution in [0.25, 0.3) is 0 Å². The van der Waals surface area contributed by atoms with Gasteiger partial charge in [-0.2, -0.15) is 13.6 Å². The van der Waals surface area contributed by atoms with Gasteiger partial charge in [0, 0.05) is 18.9 Å². The minimum absolute atomic E-state index is 0.0556. The van der Waals surface area contributed by atoms with Crippen molar-refractivity contribution in [3.8, 4) is 0 Å². The summed E-state index contributed by atoms with van der Waals surface area (Å²) in [7, 11) is -15.5. The van der Waals surface area contributed by atoms with Gasteiger partial charge in [0.15, 0.2) is 6.23 Å². The molecular formula is C11H20N3O15P3. The Balaban J connectivity index is 2.12. The van der Waals surface area contributed by atoms with Crippen molar-refractivity contribution in [2.75, 3.05) is 19.5 Å². The van der Waals surface area contributed by atoms with Crippen molar-refractivity contribution < 1.29 is 66.1 Å². The summed E-state index contributed by atoms with van der Waals surface area (Å²) in [6, 6.07) is 0. The van der Waals surface area contributed by atoms with Crippen LogP contribution in [-0.4, -0.2) is 71.4 Å². The molecule has 0 saturated carbocycles. The van der Waals surface area contributed by atoms with E-state index in [-0.39, 0.29) is 18.0 Å². The highest BCUT2D eigenvalue weighted by molar-refractivity contribution is 7.66. The Morgan fingerprint density at radius 2 is 1.75 bits per heavy atom. The number of aliphatic hydroxyl groups excluding tert-OH is 2. The lowest BCUT2D eigenvalue weighted by Gasteiger charge is -2.19. The molecule has 8 N–H and O–H groups in total. The molecule has 184 valence electrons. The van der Waals surface area contributed by atoms with Gasteiger partial charge in [0.25, 0.3) is 0 Å². The highest BCUT2D eigenvalue weighted by Gasteiger charge is 2.46. The Kier molecular flexibility index (Phi) is 8.53. The van der Waals surface area contributed by atoms with Gasteiger partial charge in [-0.15, -0.1) is 0 Å². The largest absolute Gasteiger partial charge is 0.490 e. The van der Waals surface area contributed by atoms with Crippen LogP contribution in [0.4, 0.5) is 5.82 Å². The molecule has 0 radical (unpaired) electrons. The summed E-state index contributed by atoms with van der Waals surface area (Å²) in [5.74, 6) is -0.148. The van der Waals surface area contributed by atoms with E-state index >= 15 is 0 Å². The predicted octanol–water partition coefficient (Wildman–Crippen LogP) is -2.07. The number of nitrogen functional groups attached to an aromatic ring is 1. The lowest BCUT2D eigenvalue weighted by Crippen LogP contribution is -2.36. The number of nitrogens with zero attached hydrogens (tertiary/aromatic N) is 2. The molecule has 0 spiro atoms. The minimum atomic E-state index is -5.74. The molecule has 6 atom stereocenters. The number of ether oxygens (including phenoxy) is 2. The third kappa shape index (κ3) is 7.21. The second-order valence-electron chi connectivity index (χ2n) is 6.21. The van der Waals surface area contributed by atoms with Crippen LogP contribution in [0.5, 0.6) is 0 Å². The maximum absolute atomic E-state index is 12.1. The molecule has 18 nitrogen and oxygen atoms in total. The van der Waals surface area contributed by atoms with E-state index in [2.05, 4.69) is 18.1 Å². The van der Waals surface area contributed by atoms with Crippen molar-refractivity contribution in [3.63, 3.8) is 0 Å². The lowest BCUT2D eigenvalue weighted by atomic mass is 10.1. The predicted molar refractivity (Wildman–Crippen MR) is 99.4 cm³/mol. The van der Waals surface area contributed by atoms with Gasteiger partial charge < -0.3 is 45.0 Å². The molecule has 0 bridgehead atoms. The number of phosphoric ester groups is 1. The van der Waals surface area contributed by atoms with Crippen LogP contribution in [0.2, 0.25) is 0 Å². The Morgan fingerprint density at radius 3 is 2.31 bits per heavy atom. The fourth-order valence-corrected chi connectivity index (χ4v) is 5.57. The molecule has 1 aromatic rings. The quantitative estimate of drug-likeness (QED) is 0.161. The van der Waals surface area contributed by atoms with Crippen molar-refractivity contribution in [2.45, 2.75) is 31.1 Å². The molecule has 0 aliphatic carbocycles. The summed E-state index contributed by atoms with van der Waals surface area (Å²) in [5, 5.41) is 20.3. The molecule has 1 aliphatic heterocycles. The number of hydrogen-bond donors (Lipinski definition) is 7. The summed E-state index contributed by atoms with van der Waals surface area (Å²) in [6.45, 7) is -1.10. The van der Waals surface area contributed by atoms with E-state index in [1.165, 1.54) is 7.11 Å². The lowest BCUT2D eigenvalue weighted by molar-refractivity contribution is -0.0543. The standard InChI is InChI=1S/C11H20N3O15P3/c1-25-3-5-2-14(11(17)13-9(5)12)10-8(16)7(15)6(27-10)4-26-31(21,22)29-32(23,24)28-30(18,19)20/h2,6-8,10,15-16H,3-4H2,1H3,(H,21,22)(H,23,24)(H2,12,13,17)(H2,18,19,20). The number of aliphatic hydroxyl groups is 2. The van der Waals surface area contributed by atoms with Crippen molar-refractivity contribution in [1.29, 1.82) is 0 Å². The molecule has 1 saturated heterocycles. The number of aromatic nitrogens is 2. The van der Waals surface area contributed by atoms with Gasteiger partial charge in [-0.25, -0.2) is 18.5 Å². The minimum Gasteiger partial charge on any atom is -0.387 e. The van der Waals surface area contributed by atoms with Gasteiger partial charge in [-0.05, 0) is 0 Å². The molecule has 2 heterocycles.